The molecular formula is C14H30N2O. The lowest BCUT2D eigenvalue weighted by molar-refractivity contribution is -0.00830. The largest absolute Gasteiger partial charge is 0.379 e. The summed E-state index contributed by atoms with van der Waals surface area (Å²) in [5.41, 5.74) is 5.89. The Bertz CT molecular complexity index is 214. The maximum Gasteiger partial charge on any atom is 0.0638 e. The summed E-state index contributed by atoms with van der Waals surface area (Å²) in [6.45, 7) is 9.68. The van der Waals surface area contributed by atoms with Gasteiger partial charge in [-0.05, 0) is 52.0 Å². The first-order chi connectivity index (χ1) is 8.02. The Labute approximate surface area is 107 Å². The number of methoxy groups -OCH3 is 1. The Balaban J connectivity index is 2.52. The van der Waals surface area contributed by atoms with Crippen molar-refractivity contribution in [2.45, 2.75) is 58.1 Å². The highest BCUT2D eigenvalue weighted by atomic mass is 16.5. The molecule has 0 spiro atoms. The maximum absolute atomic E-state index is 5.96. The molecule has 0 aliphatic heterocycles. The molecule has 0 aromatic carbocycles. The highest BCUT2D eigenvalue weighted by molar-refractivity contribution is 4.85. The quantitative estimate of drug-likeness (QED) is 0.674. The van der Waals surface area contributed by atoms with Crippen molar-refractivity contribution in [2.75, 3.05) is 26.7 Å². The second-order valence-corrected chi connectivity index (χ2v) is 6.00. The average molecular weight is 242 g/mol. The van der Waals surface area contributed by atoms with Gasteiger partial charge < -0.3 is 10.5 Å². The van der Waals surface area contributed by atoms with Crippen molar-refractivity contribution < 1.29 is 4.74 Å². The van der Waals surface area contributed by atoms with Gasteiger partial charge in [0.15, 0.2) is 0 Å². The van der Waals surface area contributed by atoms with Crippen LogP contribution in [0.15, 0.2) is 0 Å². The fourth-order valence-electron chi connectivity index (χ4n) is 2.35. The van der Waals surface area contributed by atoms with Crippen LogP contribution in [0.1, 0.15) is 46.5 Å². The van der Waals surface area contributed by atoms with E-state index in [2.05, 4.69) is 25.7 Å². The van der Waals surface area contributed by atoms with Gasteiger partial charge in [-0.25, -0.2) is 0 Å². The molecule has 0 saturated heterocycles. The smallest absolute Gasteiger partial charge is 0.0638 e. The van der Waals surface area contributed by atoms with E-state index in [0.29, 0.717) is 6.04 Å². The molecule has 1 rings (SSSR count). The van der Waals surface area contributed by atoms with Gasteiger partial charge in [0, 0.05) is 26.2 Å². The lowest BCUT2D eigenvalue weighted by atomic mass is 9.97. The van der Waals surface area contributed by atoms with Gasteiger partial charge in [-0.3, -0.25) is 4.90 Å². The van der Waals surface area contributed by atoms with Crippen LogP contribution < -0.4 is 5.73 Å². The number of nitrogens with zero attached hydrogens (tertiary/aromatic N) is 1. The van der Waals surface area contributed by atoms with Gasteiger partial charge in [0.25, 0.3) is 0 Å². The summed E-state index contributed by atoms with van der Waals surface area (Å²) in [5.74, 6) is 0.932. The second kappa shape index (κ2) is 6.72. The SMILES string of the molecule is CCCN(CC1CC1)C(CN)CC(C)(C)OC. The monoisotopic (exact) mass is 242 g/mol. The fourth-order valence-corrected chi connectivity index (χ4v) is 2.35. The van der Waals surface area contributed by atoms with E-state index in [-0.39, 0.29) is 5.60 Å². The first-order valence-corrected chi connectivity index (χ1v) is 7.01. The summed E-state index contributed by atoms with van der Waals surface area (Å²) in [6, 6.07) is 0.463. The van der Waals surface area contributed by atoms with Gasteiger partial charge in [0.1, 0.15) is 0 Å². The van der Waals surface area contributed by atoms with Crippen LogP contribution >= 0.6 is 0 Å². The van der Waals surface area contributed by atoms with Crippen molar-refractivity contribution in [1.82, 2.24) is 4.90 Å². The normalized spacial score (nSPS) is 18.7. The summed E-state index contributed by atoms with van der Waals surface area (Å²) in [5, 5.41) is 0. The van der Waals surface area contributed by atoms with E-state index >= 15 is 0 Å². The summed E-state index contributed by atoms with van der Waals surface area (Å²) in [4.78, 5) is 2.58. The zero-order chi connectivity index (χ0) is 12.9. The molecule has 0 radical (unpaired) electrons. The minimum absolute atomic E-state index is 0.0699. The first-order valence-electron chi connectivity index (χ1n) is 7.01. The van der Waals surface area contributed by atoms with Gasteiger partial charge >= 0.3 is 0 Å². The highest BCUT2D eigenvalue weighted by Crippen LogP contribution is 2.31. The minimum Gasteiger partial charge on any atom is -0.379 e. The number of nitrogens with two attached hydrogens (primary N) is 1. The van der Waals surface area contributed by atoms with E-state index in [1.54, 1.807) is 7.11 Å². The Kier molecular flexibility index (Phi) is 5.90. The van der Waals surface area contributed by atoms with Crippen molar-refractivity contribution >= 4 is 0 Å². The van der Waals surface area contributed by atoms with Crippen LogP contribution in [-0.2, 0) is 4.74 Å². The fraction of sp³-hybridized carbons (Fsp3) is 1.00. The van der Waals surface area contributed by atoms with Crippen LogP contribution in [0.3, 0.4) is 0 Å². The lowest BCUT2D eigenvalue weighted by Gasteiger charge is -2.36. The average Bonchev–Trinajstić information content (AvgIpc) is 3.09. The van der Waals surface area contributed by atoms with Crippen molar-refractivity contribution in [1.29, 1.82) is 0 Å². The summed E-state index contributed by atoms with van der Waals surface area (Å²) in [7, 11) is 1.79. The molecule has 1 aliphatic carbocycles. The third-order valence-corrected chi connectivity index (χ3v) is 3.77. The highest BCUT2D eigenvalue weighted by Gasteiger charge is 2.30. The van der Waals surface area contributed by atoms with Gasteiger partial charge in [-0.2, -0.15) is 0 Å². The van der Waals surface area contributed by atoms with E-state index in [0.717, 1.165) is 25.4 Å². The van der Waals surface area contributed by atoms with Crippen molar-refractivity contribution in [2.24, 2.45) is 11.7 Å². The van der Waals surface area contributed by atoms with E-state index in [9.17, 15) is 0 Å². The van der Waals surface area contributed by atoms with Crippen LogP contribution in [0.25, 0.3) is 0 Å². The predicted octanol–water partition coefficient (Wildman–Crippen LogP) is 2.25. The molecule has 1 atom stereocenters. The van der Waals surface area contributed by atoms with Gasteiger partial charge in [-0.15, -0.1) is 0 Å². The minimum atomic E-state index is -0.0699. The number of hydrogen-bond donors (Lipinski definition) is 1. The van der Waals surface area contributed by atoms with Crippen LogP contribution in [0.4, 0.5) is 0 Å². The molecule has 0 aromatic rings. The Morgan fingerprint density at radius 3 is 2.47 bits per heavy atom. The summed E-state index contributed by atoms with van der Waals surface area (Å²) >= 11 is 0. The number of hydrogen-bond acceptors (Lipinski definition) is 3. The van der Waals surface area contributed by atoms with E-state index in [1.165, 1.54) is 25.8 Å². The van der Waals surface area contributed by atoms with Crippen molar-refractivity contribution in [3.05, 3.63) is 0 Å². The Morgan fingerprint density at radius 1 is 1.41 bits per heavy atom. The van der Waals surface area contributed by atoms with Crippen LogP contribution in [0, 0.1) is 5.92 Å². The molecule has 0 aromatic heterocycles. The lowest BCUT2D eigenvalue weighted by Crippen LogP contribution is -2.46. The zero-order valence-corrected chi connectivity index (χ0v) is 12.0. The predicted molar refractivity (Wildman–Crippen MR) is 73.1 cm³/mol. The molecule has 3 heteroatoms. The molecule has 1 unspecified atom stereocenters. The molecule has 1 fully saturated rings. The first kappa shape index (κ1) is 14.9. The molecule has 2 N–H and O–H groups in total. The molecule has 102 valence electrons. The van der Waals surface area contributed by atoms with E-state index in [1.807, 2.05) is 0 Å². The Hall–Kier alpha value is -0.120. The molecular weight excluding hydrogens is 212 g/mol. The van der Waals surface area contributed by atoms with Crippen molar-refractivity contribution in [3.8, 4) is 0 Å². The van der Waals surface area contributed by atoms with E-state index < -0.39 is 0 Å². The van der Waals surface area contributed by atoms with Crippen LogP contribution in [0.2, 0.25) is 0 Å². The van der Waals surface area contributed by atoms with E-state index in [4.69, 9.17) is 10.5 Å². The summed E-state index contributed by atoms with van der Waals surface area (Å²) in [6.07, 6.45) is 5.04. The van der Waals surface area contributed by atoms with Gasteiger partial charge in [0.2, 0.25) is 0 Å². The third kappa shape index (κ3) is 5.36. The van der Waals surface area contributed by atoms with Gasteiger partial charge in [-0.1, -0.05) is 6.92 Å². The topological polar surface area (TPSA) is 38.5 Å². The summed E-state index contributed by atoms with van der Waals surface area (Å²) < 4.78 is 5.54. The molecule has 0 heterocycles. The molecule has 3 nitrogen and oxygen atoms in total. The maximum atomic E-state index is 5.96. The molecule has 17 heavy (non-hydrogen) atoms. The molecule has 0 amide bonds. The van der Waals surface area contributed by atoms with Crippen molar-refractivity contribution in [3.63, 3.8) is 0 Å². The molecule has 0 bridgehead atoms. The molecule has 1 aliphatic rings. The number of rotatable bonds is 9. The second-order valence-electron chi connectivity index (χ2n) is 6.00. The standard InChI is InChI=1S/C14H30N2O/c1-5-8-16(11-12-6-7-12)13(10-15)9-14(2,3)17-4/h12-13H,5-11,15H2,1-4H3. The third-order valence-electron chi connectivity index (χ3n) is 3.77. The van der Waals surface area contributed by atoms with Gasteiger partial charge in [0.05, 0.1) is 5.60 Å². The Morgan fingerprint density at radius 2 is 2.06 bits per heavy atom. The zero-order valence-electron chi connectivity index (χ0n) is 12.0. The van der Waals surface area contributed by atoms with Crippen LogP contribution in [-0.4, -0.2) is 43.3 Å². The van der Waals surface area contributed by atoms with Crippen LogP contribution in [0.5, 0.6) is 0 Å². The number of ether oxygens (including phenoxy) is 1. The molecule has 1 saturated carbocycles.